The highest BCUT2D eigenvalue weighted by atomic mass is 35.5. The minimum absolute atomic E-state index is 0.0226. The van der Waals surface area contributed by atoms with Crippen molar-refractivity contribution in [1.29, 1.82) is 0 Å². The van der Waals surface area contributed by atoms with E-state index in [-0.39, 0.29) is 16.5 Å². The van der Waals surface area contributed by atoms with E-state index in [9.17, 15) is 9.59 Å². The molecule has 0 spiro atoms. The fraction of sp³-hybridized carbons (Fsp3) is 0.318. The number of benzene rings is 1. The number of fused-ring (bicyclic) bond motifs is 1. The highest BCUT2D eigenvalue weighted by molar-refractivity contribution is 6.31. The van der Waals surface area contributed by atoms with E-state index in [1.54, 1.807) is 6.07 Å². The largest absolute Gasteiger partial charge is 0.364 e. The Morgan fingerprint density at radius 2 is 2.07 bits per heavy atom. The van der Waals surface area contributed by atoms with E-state index in [0.717, 1.165) is 22.6 Å². The van der Waals surface area contributed by atoms with Crippen LogP contribution in [0.2, 0.25) is 5.02 Å². The standard InChI is InChI=1S/C22H22ClN3O2/c1-11-4-3-5-13(11)15-8-12(2)14(9-16(15)23)18-10-19(27)20-17(26-18)6-7-25-21(20)22(24)28/h6-11,13H,3-5H2,1-2H3,(H2,24,28)(H,26,27)/t11-,13?/m1/s1. The van der Waals surface area contributed by atoms with E-state index in [2.05, 4.69) is 23.0 Å². The Kier molecular flexibility index (Phi) is 4.71. The van der Waals surface area contributed by atoms with Crippen LogP contribution in [0.4, 0.5) is 0 Å². The van der Waals surface area contributed by atoms with Gasteiger partial charge in [0.2, 0.25) is 0 Å². The summed E-state index contributed by atoms with van der Waals surface area (Å²) in [5, 5.41) is 0.937. The fourth-order valence-electron chi connectivity index (χ4n) is 4.42. The molecule has 2 heterocycles. The van der Waals surface area contributed by atoms with E-state index >= 15 is 0 Å². The molecule has 144 valence electrons. The monoisotopic (exact) mass is 395 g/mol. The number of halogens is 1. The molecule has 0 saturated heterocycles. The zero-order valence-corrected chi connectivity index (χ0v) is 16.6. The summed E-state index contributed by atoms with van der Waals surface area (Å²) in [4.78, 5) is 31.5. The predicted molar refractivity (Wildman–Crippen MR) is 112 cm³/mol. The maximum Gasteiger partial charge on any atom is 0.268 e. The van der Waals surface area contributed by atoms with Gasteiger partial charge in [-0.3, -0.25) is 14.6 Å². The molecular weight excluding hydrogens is 374 g/mol. The van der Waals surface area contributed by atoms with E-state index in [4.69, 9.17) is 17.3 Å². The molecule has 1 fully saturated rings. The molecule has 4 rings (SSSR count). The van der Waals surface area contributed by atoms with E-state index < -0.39 is 5.91 Å². The van der Waals surface area contributed by atoms with Gasteiger partial charge in [0.1, 0.15) is 5.69 Å². The van der Waals surface area contributed by atoms with Crippen molar-refractivity contribution in [1.82, 2.24) is 9.97 Å². The van der Waals surface area contributed by atoms with Gasteiger partial charge in [0.15, 0.2) is 5.43 Å². The first kappa shape index (κ1) is 18.7. The maximum absolute atomic E-state index is 12.7. The fourth-order valence-corrected chi connectivity index (χ4v) is 4.72. The van der Waals surface area contributed by atoms with Crippen LogP contribution in [0.1, 0.15) is 53.7 Å². The summed E-state index contributed by atoms with van der Waals surface area (Å²) in [7, 11) is 0. The van der Waals surface area contributed by atoms with Crippen LogP contribution in [0, 0.1) is 12.8 Å². The number of pyridine rings is 2. The summed E-state index contributed by atoms with van der Waals surface area (Å²) < 4.78 is 0. The van der Waals surface area contributed by atoms with Gasteiger partial charge in [-0.15, -0.1) is 0 Å². The number of primary amides is 1. The van der Waals surface area contributed by atoms with Crippen molar-refractivity contribution in [3.63, 3.8) is 0 Å². The maximum atomic E-state index is 12.7. The van der Waals surface area contributed by atoms with Crippen molar-refractivity contribution in [2.24, 2.45) is 11.7 Å². The minimum atomic E-state index is -0.724. The number of hydrogen-bond acceptors (Lipinski definition) is 3. The lowest BCUT2D eigenvalue weighted by atomic mass is 9.88. The van der Waals surface area contributed by atoms with E-state index in [0.29, 0.717) is 23.0 Å². The first-order chi connectivity index (χ1) is 13.4. The second-order valence-electron chi connectivity index (χ2n) is 7.70. The summed E-state index contributed by atoms with van der Waals surface area (Å²) in [6, 6.07) is 7.23. The Hall–Kier alpha value is -2.66. The first-order valence-electron chi connectivity index (χ1n) is 9.49. The molecule has 28 heavy (non-hydrogen) atoms. The molecule has 3 aromatic rings. The van der Waals surface area contributed by atoms with Crippen molar-refractivity contribution < 1.29 is 4.79 Å². The second-order valence-corrected chi connectivity index (χ2v) is 8.10. The molecule has 0 aliphatic heterocycles. The Morgan fingerprint density at radius 3 is 2.75 bits per heavy atom. The SMILES string of the molecule is Cc1cc(C2CCC[C@H]2C)c(Cl)cc1-c1cc(=O)c2c(C(N)=O)nccc2[nH]1. The van der Waals surface area contributed by atoms with Crippen LogP contribution >= 0.6 is 11.6 Å². The summed E-state index contributed by atoms with van der Waals surface area (Å²) in [6.07, 6.45) is 5.09. The summed E-state index contributed by atoms with van der Waals surface area (Å²) in [5.41, 5.74) is 9.33. The highest BCUT2D eigenvalue weighted by Crippen LogP contribution is 2.43. The van der Waals surface area contributed by atoms with Gasteiger partial charge in [-0.1, -0.05) is 37.4 Å². The Morgan fingerprint density at radius 1 is 1.29 bits per heavy atom. The lowest BCUT2D eigenvalue weighted by molar-refractivity contribution is 0.0997. The molecule has 1 saturated carbocycles. The number of nitrogens with one attached hydrogen (secondary N) is 1. The zero-order valence-electron chi connectivity index (χ0n) is 15.9. The van der Waals surface area contributed by atoms with Crippen molar-refractivity contribution >= 4 is 28.4 Å². The number of aromatic amines is 1. The number of carbonyl (C=O) groups excluding carboxylic acids is 1. The number of hydrogen-bond donors (Lipinski definition) is 2. The molecule has 1 amide bonds. The topological polar surface area (TPSA) is 88.8 Å². The molecule has 0 radical (unpaired) electrons. The summed E-state index contributed by atoms with van der Waals surface area (Å²) in [6.45, 7) is 4.31. The number of rotatable bonds is 3. The number of aromatic nitrogens is 2. The van der Waals surface area contributed by atoms with Crippen LogP contribution in [-0.4, -0.2) is 15.9 Å². The molecule has 2 atom stereocenters. The average Bonchev–Trinajstić information content (AvgIpc) is 3.08. The molecule has 1 unspecified atom stereocenters. The van der Waals surface area contributed by atoms with Gasteiger partial charge in [-0.25, -0.2) is 0 Å². The van der Waals surface area contributed by atoms with Crippen molar-refractivity contribution in [2.75, 3.05) is 0 Å². The number of nitrogens with two attached hydrogens (primary N) is 1. The third-order valence-electron chi connectivity index (χ3n) is 5.87. The molecule has 6 heteroatoms. The molecule has 5 nitrogen and oxygen atoms in total. The Labute approximate surface area is 167 Å². The van der Waals surface area contributed by atoms with Crippen LogP contribution in [0.3, 0.4) is 0 Å². The van der Waals surface area contributed by atoms with Crippen molar-refractivity contribution in [3.8, 4) is 11.3 Å². The van der Waals surface area contributed by atoms with Gasteiger partial charge in [0.05, 0.1) is 16.6 Å². The lowest BCUT2D eigenvalue weighted by Crippen LogP contribution is -2.17. The van der Waals surface area contributed by atoms with Crippen LogP contribution in [0.5, 0.6) is 0 Å². The van der Waals surface area contributed by atoms with Gasteiger partial charge in [0.25, 0.3) is 5.91 Å². The van der Waals surface area contributed by atoms with Gasteiger partial charge in [-0.2, -0.15) is 0 Å². The second kappa shape index (κ2) is 7.06. The molecule has 3 N–H and O–H groups in total. The normalized spacial score (nSPS) is 19.2. The zero-order chi connectivity index (χ0) is 20.0. The van der Waals surface area contributed by atoms with Gasteiger partial charge in [0, 0.05) is 22.8 Å². The molecular formula is C22H22ClN3O2. The Balaban J connectivity index is 1.86. The molecule has 1 aliphatic rings. The number of amides is 1. The quantitative estimate of drug-likeness (QED) is 0.681. The molecule has 1 aromatic carbocycles. The molecule has 1 aliphatic carbocycles. The predicted octanol–water partition coefficient (Wildman–Crippen LogP) is 4.55. The van der Waals surface area contributed by atoms with Crippen LogP contribution in [-0.2, 0) is 0 Å². The van der Waals surface area contributed by atoms with Crippen molar-refractivity contribution in [2.45, 2.75) is 39.0 Å². The van der Waals surface area contributed by atoms with Crippen molar-refractivity contribution in [3.05, 3.63) is 62.5 Å². The number of nitrogens with zero attached hydrogens (tertiary/aromatic N) is 1. The average molecular weight is 396 g/mol. The third kappa shape index (κ3) is 3.10. The van der Waals surface area contributed by atoms with Gasteiger partial charge < -0.3 is 10.7 Å². The van der Waals surface area contributed by atoms with E-state index in [1.165, 1.54) is 30.7 Å². The smallest absolute Gasteiger partial charge is 0.268 e. The first-order valence-corrected chi connectivity index (χ1v) is 9.87. The van der Waals surface area contributed by atoms with Gasteiger partial charge >= 0.3 is 0 Å². The van der Waals surface area contributed by atoms with Crippen LogP contribution in [0.15, 0.2) is 35.3 Å². The minimum Gasteiger partial charge on any atom is -0.364 e. The summed E-state index contributed by atoms with van der Waals surface area (Å²) in [5.74, 6) is 0.390. The van der Waals surface area contributed by atoms with Gasteiger partial charge in [-0.05, 0) is 48.4 Å². The van der Waals surface area contributed by atoms with E-state index in [1.807, 2.05) is 13.0 Å². The van der Waals surface area contributed by atoms with Crippen LogP contribution < -0.4 is 11.2 Å². The molecule has 0 bridgehead atoms. The molecule has 2 aromatic heterocycles. The number of aryl methyl sites for hydroxylation is 1. The Bertz CT molecular complexity index is 1150. The third-order valence-corrected chi connectivity index (χ3v) is 6.20. The number of carbonyl (C=O) groups is 1. The summed E-state index contributed by atoms with van der Waals surface area (Å²) >= 11 is 6.66. The lowest BCUT2D eigenvalue weighted by Gasteiger charge is -2.20. The number of H-pyrrole nitrogens is 1. The highest BCUT2D eigenvalue weighted by Gasteiger charge is 2.27. The van der Waals surface area contributed by atoms with Crippen LogP contribution in [0.25, 0.3) is 22.2 Å².